The average Bonchev–Trinajstić information content (AvgIpc) is 2.24. The van der Waals surface area contributed by atoms with Crippen LogP contribution >= 0.6 is 11.6 Å². The van der Waals surface area contributed by atoms with E-state index < -0.39 is 0 Å². The number of para-hydroxylation sites is 1. The largest absolute Gasteiger partial charge is 0.492 e. The maximum atomic E-state index is 5.82. The van der Waals surface area contributed by atoms with Crippen LogP contribution in [0.15, 0.2) is 30.3 Å². The summed E-state index contributed by atoms with van der Waals surface area (Å²) in [6.45, 7) is 4.51. The monoisotopic (exact) mass is 227 g/mol. The number of halogens is 1. The van der Waals surface area contributed by atoms with Gasteiger partial charge in [-0.25, -0.2) is 0 Å². The van der Waals surface area contributed by atoms with Crippen LogP contribution < -0.4 is 10.1 Å². The van der Waals surface area contributed by atoms with Crippen molar-refractivity contribution in [3.8, 4) is 5.75 Å². The molecule has 0 radical (unpaired) electrons. The molecule has 0 aromatic heterocycles. The Bertz CT molecular complexity index is 251. The van der Waals surface area contributed by atoms with Gasteiger partial charge in [0, 0.05) is 11.9 Å². The summed E-state index contributed by atoms with van der Waals surface area (Å²) in [6.07, 6.45) is 0.993. The zero-order valence-corrected chi connectivity index (χ0v) is 9.83. The molecule has 0 bridgehead atoms. The van der Waals surface area contributed by atoms with E-state index in [2.05, 4.69) is 5.32 Å². The standard InChI is InChI=1S/C12H18ClNO/c1-11(13)7-8-14-9-10-15-12-5-3-2-4-6-12/h2-6,11,14H,7-10H2,1H3. The lowest BCUT2D eigenvalue weighted by atomic mass is 10.3. The molecule has 3 heteroatoms. The van der Waals surface area contributed by atoms with E-state index >= 15 is 0 Å². The van der Waals surface area contributed by atoms with Crippen molar-refractivity contribution in [1.29, 1.82) is 0 Å². The van der Waals surface area contributed by atoms with E-state index in [-0.39, 0.29) is 5.38 Å². The van der Waals surface area contributed by atoms with Crippen molar-refractivity contribution in [3.63, 3.8) is 0 Å². The number of rotatable bonds is 7. The fourth-order valence-electron chi connectivity index (χ4n) is 1.18. The third kappa shape index (κ3) is 6.37. The second-order valence-electron chi connectivity index (χ2n) is 3.48. The summed E-state index contributed by atoms with van der Waals surface area (Å²) in [5, 5.41) is 3.52. The summed E-state index contributed by atoms with van der Waals surface area (Å²) < 4.78 is 5.52. The second-order valence-corrected chi connectivity index (χ2v) is 4.23. The van der Waals surface area contributed by atoms with Gasteiger partial charge in [0.2, 0.25) is 0 Å². The van der Waals surface area contributed by atoms with Gasteiger partial charge in [0.15, 0.2) is 0 Å². The lowest BCUT2D eigenvalue weighted by molar-refractivity contribution is 0.314. The van der Waals surface area contributed by atoms with Crippen molar-refractivity contribution in [1.82, 2.24) is 5.32 Å². The first-order valence-electron chi connectivity index (χ1n) is 5.31. The smallest absolute Gasteiger partial charge is 0.119 e. The van der Waals surface area contributed by atoms with Gasteiger partial charge in [-0.2, -0.15) is 0 Å². The van der Waals surface area contributed by atoms with Gasteiger partial charge >= 0.3 is 0 Å². The van der Waals surface area contributed by atoms with E-state index in [9.17, 15) is 0 Å². The van der Waals surface area contributed by atoms with Gasteiger partial charge in [0.05, 0.1) is 0 Å². The van der Waals surface area contributed by atoms with Gasteiger partial charge in [0.1, 0.15) is 12.4 Å². The van der Waals surface area contributed by atoms with E-state index in [0.29, 0.717) is 6.61 Å². The highest BCUT2D eigenvalue weighted by Gasteiger charge is 1.95. The quantitative estimate of drug-likeness (QED) is 0.571. The van der Waals surface area contributed by atoms with Gasteiger partial charge < -0.3 is 10.1 Å². The average molecular weight is 228 g/mol. The molecule has 2 nitrogen and oxygen atoms in total. The van der Waals surface area contributed by atoms with Crippen LogP contribution in [-0.2, 0) is 0 Å². The zero-order chi connectivity index (χ0) is 10.9. The van der Waals surface area contributed by atoms with Crippen molar-refractivity contribution >= 4 is 11.6 Å². The number of hydrogen-bond acceptors (Lipinski definition) is 2. The molecule has 1 atom stereocenters. The van der Waals surface area contributed by atoms with Gasteiger partial charge in [0.25, 0.3) is 0 Å². The normalized spacial score (nSPS) is 12.4. The molecular formula is C12H18ClNO. The summed E-state index contributed by atoms with van der Waals surface area (Å²) in [4.78, 5) is 0. The molecule has 0 aliphatic carbocycles. The van der Waals surface area contributed by atoms with Crippen molar-refractivity contribution in [3.05, 3.63) is 30.3 Å². The Hall–Kier alpha value is -0.730. The Morgan fingerprint density at radius 1 is 1.27 bits per heavy atom. The van der Waals surface area contributed by atoms with E-state index in [1.54, 1.807) is 0 Å². The highest BCUT2D eigenvalue weighted by molar-refractivity contribution is 6.20. The number of benzene rings is 1. The van der Waals surface area contributed by atoms with E-state index in [1.165, 1.54) is 0 Å². The predicted molar refractivity (Wildman–Crippen MR) is 64.7 cm³/mol. The molecular weight excluding hydrogens is 210 g/mol. The molecule has 0 amide bonds. The number of alkyl halides is 1. The van der Waals surface area contributed by atoms with Crippen LogP contribution in [0.5, 0.6) is 5.75 Å². The molecule has 1 aromatic carbocycles. The van der Waals surface area contributed by atoms with Gasteiger partial charge in [-0.1, -0.05) is 18.2 Å². The minimum atomic E-state index is 0.243. The lowest BCUT2D eigenvalue weighted by Crippen LogP contribution is -2.23. The SMILES string of the molecule is CC(Cl)CCNCCOc1ccccc1. The molecule has 0 saturated carbocycles. The molecule has 0 aliphatic heterocycles. The van der Waals surface area contributed by atoms with Crippen LogP contribution in [-0.4, -0.2) is 25.1 Å². The van der Waals surface area contributed by atoms with Gasteiger partial charge in [-0.3, -0.25) is 0 Å². The zero-order valence-electron chi connectivity index (χ0n) is 9.08. The molecule has 0 aliphatic rings. The molecule has 84 valence electrons. The fraction of sp³-hybridized carbons (Fsp3) is 0.500. The Labute approximate surface area is 96.6 Å². The van der Waals surface area contributed by atoms with Crippen molar-refractivity contribution in [2.75, 3.05) is 19.7 Å². The molecule has 1 aromatic rings. The van der Waals surface area contributed by atoms with Gasteiger partial charge in [-0.15, -0.1) is 11.6 Å². The Kier molecular flexibility index (Phi) is 6.21. The lowest BCUT2D eigenvalue weighted by Gasteiger charge is -2.07. The Morgan fingerprint density at radius 2 is 2.00 bits per heavy atom. The maximum Gasteiger partial charge on any atom is 0.119 e. The summed E-state index contributed by atoms with van der Waals surface area (Å²) in [6, 6.07) is 9.84. The molecule has 0 heterocycles. The van der Waals surface area contributed by atoms with Crippen LogP contribution in [0.1, 0.15) is 13.3 Å². The van der Waals surface area contributed by atoms with E-state index in [1.807, 2.05) is 37.3 Å². The summed E-state index contributed by atoms with van der Waals surface area (Å²) in [7, 11) is 0. The third-order valence-electron chi connectivity index (χ3n) is 2.01. The molecule has 1 unspecified atom stereocenters. The van der Waals surface area contributed by atoms with Crippen molar-refractivity contribution in [2.24, 2.45) is 0 Å². The first kappa shape index (κ1) is 12.3. The first-order chi connectivity index (χ1) is 7.29. The van der Waals surface area contributed by atoms with Crippen LogP contribution in [0.2, 0.25) is 0 Å². The van der Waals surface area contributed by atoms with Crippen LogP contribution in [0.3, 0.4) is 0 Å². The van der Waals surface area contributed by atoms with Gasteiger partial charge in [-0.05, 0) is 32.0 Å². The number of nitrogens with one attached hydrogen (secondary N) is 1. The Balaban J connectivity index is 1.98. The maximum absolute atomic E-state index is 5.82. The fourth-order valence-corrected chi connectivity index (χ4v) is 1.29. The summed E-state index contributed by atoms with van der Waals surface area (Å²) in [5.74, 6) is 0.921. The van der Waals surface area contributed by atoms with Crippen molar-refractivity contribution in [2.45, 2.75) is 18.7 Å². The third-order valence-corrected chi connectivity index (χ3v) is 2.23. The molecule has 1 N–H and O–H groups in total. The highest BCUT2D eigenvalue weighted by Crippen LogP contribution is 2.07. The van der Waals surface area contributed by atoms with E-state index in [4.69, 9.17) is 16.3 Å². The molecule has 15 heavy (non-hydrogen) atoms. The molecule has 0 spiro atoms. The summed E-state index contributed by atoms with van der Waals surface area (Å²) in [5.41, 5.74) is 0. The molecule has 0 saturated heterocycles. The van der Waals surface area contributed by atoms with Crippen LogP contribution in [0, 0.1) is 0 Å². The number of hydrogen-bond donors (Lipinski definition) is 1. The van der Waals surface area contributed by atoms with Crippen molar-refractivity contribution < 1.29 is 4.74 Å². The summed E-state index contributed by atoms with van der Waals surface area (Å²) >= 11 is 5.82. The minimum absolute atomic E-state index is 0.243. The predicted octanol–water partition coefficient (Wildman–Crippen LogP) is 2.67. The van der Waals surface area contributed by atoms with E-state index in [0.717, 1.165) is 25.3 Å². The van der Waals surface area contributed by atoms with Crippen LogP contribution in [0.4, 0.5) is 0 Å². The molecule has 0 fully saturated rings. The second kappa shape index (κ2) is 7.55. The topological polar surface area (TPSA) is 21.3 Å². The highest BCUT2D eigenvalue weighted by atomic mass is 35.5. The Morgan fingerprint density at radius 3 is 2.67 bits per heavy atom. The minimum Gasteiger partial charge on any atom is -0.492 e. The number of ether oxygens (including phenoxy) is 1. The molecule has 1 rings (SSSR count). The first-order valence-corrected chi connectivity index (χ1v) is 5.75. The van der Waals surface area contributed by atoms with Crippen LogP contribution in [0.25, 0.3) is 0 Å².